The normalized spacial score (nSPS) is 9.80. The van der Waals surface area contributed by atoms with Gasteiger partial charge in [0.1, 0.15) is 12.0 Å². The van der Waals surface area contributed by atoms with Gasteiger partial charge < -0.3 is 15.8 Å². The van der Waals surface area contributed by atoms with Crippen molar-refractivity contribution in [3.63, 3.8) is 0 Å². The summed E-state index contributed by atoms with van der Waals surface area (Å²) in [4.78, 5) is 22.3. The Morgan fingerprint density at radius 2 is 1.95 bits per heavy atom. The number of benzene rings is 2. The lowest BCUT2D eigenvalue weighted by molar-refractivity contribution is -0.118. The minimum atomic E-state index is -0.282. The van der Waals surface area contributed by atoms with Crippen LogP contribution in [0.25, 0.3) is 0 Å². The van der Waals surface area contributed by atoms with E-state index in [-0.39, 0.29) is 12.5 Å². The van der Waals surface area contributed by atoms with E-state index in [1.54, 1.807) is 24.3 Å². The molecule has 3 N–H and O–H groups in total. The summed E-state index contributed by atoms with van der Waals surface area (Å²) in [5, 5.41) is 2.69. The Bertz CT molecular complexity index is 612. The van der Waals surface area contributed by atoms with E-state index in [0.717, 1.165) is 0 Å². The van der Waals surface area contributed by atoms with Crippen LogP contribution in [0.1, 0.15) is 10.4 Å². The second kappa shape index (κ2) is 6.38. The summed E-state index contributed by atoms with van der Waals surface area (Å²) in [6.45, 7) is -0.153. The molecule has 20 heavy (non-hydrogen) atoms. The molecule has 2 rings (SSSR count). The van der Waals surface area contributed by atoms with Crippen molar-refractivity contribution in [3.05, 3.63) is 54.1 Å². The molecule has 0 atom stereocenters. The summed E-state index contributed by atoms with van der Waals surface area (Å²) < 4.78 is 5.32. The lowest BCUT2D eigenvalue weighted by Crippen LogP contribution is -2.20. The van der Waals surface area contributed by atoms with Crippen LogP contribution in [0.2, 0.25) is 0 Å². The Balaban J connectivity index is 1.92. The fraction of sp³-hybridized carbons (Fsp3) is 0.0667. The lowest BCUT2D eigenvalue weighted by Gasteiger charge is -2.09. The van der Waals surface area contributed by atoms with Crippen LogP contribution in [0.4, 0.5) is 11.4 Å². The summed E-state index contributed by atoms with van der Waals surface area (Å²) in [7, 11) is 0. The van der Waals surface area contributed by atoms with Crippen LogP contribution < -0.4 is 15.8 Å². The third-order valence-electron chi connectivity index (χ3n) is 2.59. The quantitative estimate of drug-likeness (QED) is 0.644. The Hall–Kier alpha value is -2.82. The molecule has 0 aliphatic heterocycles. The van der Waals surface area contributed by atoms with Crippen molar-refractivity contribution in [2.24, 2.45) is 0 Å². The van der Waals surface area contributed by atoms with Gasteiger partial charge in [0.05, 0.1) is 5.69 Å². The van der Waals surface area contributed by atoms with E-state index >= 15 is 0 Å². The zero-order valence-electron chi connectivity index (χ0n) is 10.7. The number of aldehydes is 1. The topological polar surface area (TPSA) is 81.4 Å². The van der Waals surface area contributed by atoms with E-state index in [1.807, 2.05) is 18.2 Å². The summed E-state index contributed by atoms with van der Waals surface area (Å²) in [6, 6.07) is 13.7. The molecular weight excluding hydrogens is 256 g/mol. The largest absolute Gasteiger partial charge is 0.482 e. The van der Waals surface area contributed by atoms with Gasteiger partial charge in [-0.3, -0.25) is 9.59 Å². The van der Waals surface area contributed by atoms with Crippen molar-refractivity contribution in [3.8, 4) is 5.75 Å². The van der Waals surface area contributed by atoms with Gasteiger partial charge in [0.25, 0.3) is 5.91 Å². The standard InChI is InChI=1S/C15H14N2O3/c16-13-8-11(9-18)6-7-14(13)20-10-15(19)17-12-4-2-1-3-5-12/h1-9H,10,16H2,(H,17,19). The number of hydrogen-bond donors (Lipinski definition) is 2. The molecule has 0 saturated heterocycles. The van der Waals surface area contributed by atoms with Crippen LogP contribution in [-0.4, -0.2) is 18.8 Å². The van der Waals surface area contributed by atoms with Crippen molar-refractivity contribution < 1.29 is 14.3 Å². The number of hydrogen-bond acceptors (Lipinski definition) is 4. The van der Waals surface area contributed by atoms with Crippen molar-refractivity contribution in [2.45, 2.75) is 0 Å². The number of nitrogen functional groups attached to an aromatic ring is 1. The highest BCUT2D eigenvalue weighted by Crippen LogP contribution is 2.21. The molecule has 2 aromatic rings. The van der Waals surface area contributed by atoms with Gasteiger partial charge in [-0.1, -0.05) is 18.2 Å². The fourth-order valence-electron chi connectivity index (χ4n) is 1.63. The smallest absolute Gasteiger partial charge is 0.262 e. The molecule has 2 aromatic carbocycles. The third-order valence-corrected chi connectivity index (χ3v) is 2.59. The van der Waals surface area contributed by atoms with Gasteiger partial charge in [0, 0.05) is 11.3 Å². The number of carbonyl (C=O) groups is 2. The number of carbonyl (C=O) groups excluding carboxylic acids is 2. The molecule has 0 saturated carbocycles. The maximum atomic E-state index is 11.7. The summed E-state index contributed by atoms with van der Waals surface area (Å²) in [6.07, 6.45) is 0.697. The van der Waals surface area contributed by atoms with E-state index in [4.69, 9.17) is 10.5 Å². The monoisotopic (exact) mass is 270 g/mol. The van der Waals surface area contributed by atoms with E-state index in [1.165, 1.54) is 6.07 Å². The molecule has 0 spiro atoms. The second-order valence-electron chi connectivity index (χ2n) is 4.12. The highest BCUT2D eigenvalue weighted by Gasteiger charge is 2.06. The number of rotatable bonds is 5. The highest BCUT2D eigenvalue weighted by molar-refractivity contribution is 5.91. The van der Waals surface area contributed by atoms with E-state index < -0.39 is 0 Å². The average molecular weight is 270 g/mol. The van der Waals surface area contributed by atoms with Crippen LogP contribution in [0.5, 0.6) is 5.75 Å². The van der Waals surface area contributed by atoms with E-state index in [2.05, 4.69) is 5.32 Å². The Kier molecular flexibility index (Phi) is 4.34. The van der Waals surface area contributed by atoms with Crippen molar-refractivity contribution >= 4 is 23.6 Å². The third kappa shape index (κ3) is 3.58. The van der Waals surface area contributed by atoms with Gasteiger partial charge in [0.2, 0.25) is 0 Å². The van der Waals surface area contributed by atoms with Crippen LogP contribution in [0.3, 0.4) is 0 Å². The number of ether oxygens (including phenoxy) is 1. The van der Waals surface area contributed by atoms with Gasteiger partial charge >= 0.3 is 0 Å². The SMILES string of the molecule is Nc1cc(C=O)ccc1OCC(=O)Nc1ccccc1. The molecule has 0 unspecified atom stereocenters. The van der Waals surface area contributed by atoms with Gasteiger partial charge in [-0.25, -0.2) is 0 Å². The molecule has 0 bridgehead atoms. The molecule has 0 heterocycles. The molecule has 1 amide bonds. The van der Waals surface area contributed by atoms with Gasteiger partial charge in [-0.15, -0.1) is 0 Å². The molecule has 0 aromatic heterocycles. The Labute approximate surface area is 116 Å². The molecule has 5 nitrogen and oxygen atoms in total. The number of para-hydroxylation sites is 1. The molecule has 0 aliphatic carbocycles. The molecule has 102 valence electrons. The van der Waals surface area contributed by atoms with Gasteiger partial charge in [-0.2, -0.15) is 0 Å². The molecular formula is C15H14N2O3. The first-order valence-corrected chi connectivity index (χ1v) is 6.01. The van der Waals surface area contributed by atoms with Gasteiger partial charge in [-0.05, 0) is 30.3 Å². The average Bonchev–Trinajstić information content (AvgIpc) is 2.47. The van der Waals surface area contributed by atoms with Crippen LogP contribution in [0, 0.1) is 0 Å². The zero-order chi connectivity index (χ0) is 14.4. The minimum Gasteiger partial charge on any atom is -0.482 e. The van der Waals surface area contributed by atoms with E-state index in [0.29, 0.717) is 29.0 Å². The Morgan fingerprint density at radius 1 is 1.20 bits per heavy atom. The first kappa shape index (κ1) is 13.6. The number of nitrogens with two attached hydrogens (primary N) is 1. The number of amides is 1. The first-order valence-electron chi connectivity index (χ1n) is 6.01. The summed E-state index contributed by atoms with van der Waals surface area (Å²) in [5.74, 6) is 0.0916. The maximum Gasteiger partial charge on any atom is 0.262 e. The lowest BCUT2D eigenvalue weighted by atomic mass is 10.2. The number of anilines is 2. The van der Waals surface area contributed by atoms with Crippen LogP contribution >= 0.6 is 0 Å². The first-order chi connectivity index (χ1) is 9.69. The maximum absolute atomic E-state index is 11.7. The van der Waals surface area contributed by atoms with Crippen molar-refractivity contribution in [1.82, 2.24) is 0 Å². The van der Waals surface area contributed by atoms with Crippen molar-refractivity contribution in [1.29, 1.82) is 0 Å². The predicted octanol–water partition coefficient (Wildman–Crippen LogP) is 2.10. The minimum absolute atomic E-state index is 0.153. The summed E-state index contributed by atoms with van der Waals surface area (Å²) in [5.41, 5.74) is 7.20. The second-order valence-corrected chi connectivity index (χ2v) is 4.12. The molecule has 5 heteroatoms. The van der Waals surface area contributed by atoms with E-state index in [9.17, 15) is 9.59 Å². The Morgan fingerprint density at radius 3 is 2.60 bits per heavy atom. The molecule has 0 fully saturated rings. The van der Waals surface area contributed by atoms with Crippen molar-refractivity contribution in [2.75, 3.05) is 17.7 Å². The van der Waals surface area contributed by atoms with Crippen LogP contribution in [-0.2, 0) is 4.79 Å². The van der Waals surface area contributed by atoms with Gasteiger partial charge in [0.15, 0.2) is 6.61 Å². The fourth-order valence-corrected chi connectivity index (χ4v) is 1.63. The zero-order valence-corrected chi connectivity index (χ0v) is 10.7. The van der Waals surface area contributed by atoms with Crippen LogP contribution in [0.15, 0.2) is 48.5 Å². The molecule has 0 aliphatic rings. The number of nitrogens with one attached hydrogen (secondary N) is 1. The summed E-state index contributed by atoms with van der Waals surface area (Å²) >= 11 is 0. The predicted molar refractivity (Wildman–Crippen MR) is 76.8 cm³/mol. The highest BCUT2D eigenvalue weighted by atomic mass is 16.5. The molecule has 0 radical (unpaired) electrons.